The zero-order valence-corrected chi connectivity index (χ0v) is 11.7. The van der Waals surface area contributed by atoms with E-state index in [1.807, 2.05) is 0 Å². The Labute approximate surface area is 107 Å². The van der Waals surface area contributed by atoms with Crippen LogP contribution in [0, 0.1) is 11.8 Å². The molecule has 0 radical (unpaired) electrons. The van der Waals surface area contributed by atoms with Crippen molar-refractivity contribution in [3.8, 4) is 0 Å². The lowest BCUT2D eigenvalue weighted by molar-refractivity contribution is 0.0687. The maximum atomic E-state index is 6.44. The topological polar surface area (TPSA) is 29.3 Å². The van der Waals surface area contributed by atoms with Crippen molar-refractivity contribution in [1.82, 2.24) is 4.90 Å². The summed E-state index contributed by atoms with van der Waals surface area (Å²) in [6, 6.07) is 1.07. The minimum atomic E-state index is 0.410. The van der Waals surface area contributed by atoms with E-state index in [1.165, 1.54) is 58.0 Å². The van der Waals surface area contributed by atoms with Gasteiger partial charge in [-0.15, -0.1) is 0 Å². The fourth-order valence-corrected chi connectivity index (χ4v) is 4.10. The molecule has 17 heavy (non-hydrogen) atoms. The van der Waals surface area contributed by atoms with Crippen molar-refractivity contribution in [2.45, 2.75) is 70.9 Å². The molecular weight excluding hydrogens is 208 g/mol. The van der Waals surface area contributed by atoms with Crippen LogP contribution in [0.5, 0.6) is 0 Å². The largest absolute Gasteiger partial charge is 0.326 e. The Hall–Kier alpha value is -0.0800. The van der Waals surface area contributed by atoms with Gasteiger partial charge in [-0.2, -0.15) is 0 Å². The van der Waals surface area contributed by atoms with Gasteiger partial charge in [0.15, 0.2) is 0 Å². The van der Waals surface area contributed by atoms with Gasteiger partial charge in [0, 0.05) is 12.1 Å². The number of hydrogen-bond donors (Lipinski definition) is 1. The third-order valence-corrected chi connectivity index (χ3v) is 4.78. The smallest absolute Gasteiger partial charge is 0.0272 e. The van der Waals surface area contributed by atoms with Crippen LogP contribution in [0.3, 0.4) is 0 Å². The van der Waals surface area contributed by atoms with Crippen LogP contribution in [0.4, 0.5) is 0 Å². The molecule has 1 heterocycles. The van der Waals surface area contributed by atoms with E-state index in [-0.39, 0.29) is 0 Å². The van der Waals surface area contributed by atoms with E-state index in [0.29, 0.717) is 12.1 Å². The van der Waals surface area contributed by atoms with E-state index in [1.54, 1.807) is 0 Å². The predicted molar refractivity (Wildman–Crippen MR) is 74.0 cm³/mol. The van der Waals surface area contributed by atoms with E-state index < -0.39 is 0 Å². The monoisotopic (exact) mass is 238 g/mol. The first kappa shape index (κ1) is 13.4. The van der Waals surface area contributed by atoms with Gasteiger partial charge in [0.05, 0.1) is 0 Å². The second kappa shape index (κ2) is 6.19. The van der Waals surface area contributed by atoms with Gasteiger partial charge in [0.2, 0.25) is 0 Å². The van der Waals surface area contributed by atoms with Crippen molar-refractivity contribution in [3.05, 3.63) is 0 Å². The summed E-state index contributed by atoms with van der Waals surface area (Å²) in [5, 5.41) is 0. The highest BCUT2D eigenvalue weighted by molar-refractivity contribution is 4.92. The van der Waals surface area contributed by atoms with Crippen LogP contribution in [0.15, 0.2) is 0 Å². The van der Waals surface area contributed by atoms with Crippen molar-refractivity contribution >= 4 is 0 Å². The average Bonchev–Trinajstić information content (AvgIpc) is 2.19. The molecule has 2 N–H and O–H groups in total. The summed E-state index contributed by atoms with van der Waals surface area (Å²) in [6.45, 7) is 7.35. The molecule has 1 saturated heterocycles. The van der Waals surface area contributed by atoms with Gasteiger partial charge in [0.1, 0.15) is 0 Å². The minimum Gasteiger partial charge on any atom is -0.326 e. The number of nitrogens with zero attached hydrogens (tertiary/aromatic N) is 1. The second-order valence-corrected chi connectivity index (χ2v) is 6.51. The normalized spacial score (nSPS) is 41.8. The maximum Gasteiger partial charge on any atom is 0.0272 e. The third kappa shape index (κ3) is 3.45. The summed E-state index contributed by atoms with van der Waals surface area (Å²) in [6.07, 6.45) is 9.64. The Bertz CT molecular complexity index is 209. The number of nitrogens with two attached hydrogens (primary N) is 1. The lowest BCUT2D eigenvalue weighted by Gasteiger charge is -2.45. The van der Waals surface area contributed by atoms with E-state index in [4.69, 9.17) is 5.73 Å². The Kier molecular flexibility index (Phi) is 4.87. The lowest BCUT2D eigenvalue weighted by atomic mass is 9.76. The van der Waals surface area contributed by atoms with E-state index >= 15 is 0 Å². The summed E-state index contributed by atoms with van der Waals surface area (Å²) >= 11 is 0. The highest BCUT2D eigenvalue weighted by atomic mass is 15.2. The number of hydrogen-bond acceptors (Lipinski definition) is 2. The van der Waals surface area contributed by atoms with E-state index in [9.17, 15) is 0 Å². The van der Waals surface area contributed by atoms with Crippen molar-refractivity contribution in [2.24, 2.45) is 17.6 Å². The standard InChI is InChI=1S/C15H30N2/c1-12-10-13(2)15(14(16)11-12)17-8-6-4-3-5-7-9-17/h12-15H,3-11,16H2,1-2H3. The Morgan fingerprint density at radius 2 is 1.47 bits per heavy atom. The quantitative estimate of drug-likeness (QED) is 0.761. The maximum absolute atomic E-state index is 6.44. The lowest BCUT2D eigenvalue weighted by Crippen LogP contribution is -2.55. The molecule has 4 unspecified atom stereocenters. The van der Waals surface area contributed by atoms with Gasteiger partial charge in [0.25, 0.3) is 0 Å². The van der Waals surface area contributed by atoms with Crippen LogP contribution in [-0.4, -0.2) is 30.1 Å². The molecule has 0 aromatic carbocycles. The van der Waals surface area contributed by atoms with Crippen LogP contribution in [0.2, 0.25) is 0 Å². The highest BCUT2D eigenvalue weighted by Gasteiger charge is 2.35. The summed E-state index contributed by atoms with van der Waals surface area (Å²) in [5.74, 6) is 1.61. The first-order valence-electron chi connectivity index (χ1n) is 7.68. The molecule has 0 aromatic heterocycles. The molecular formula is C15H30N2. The molecule has 1 saturated carbocycles. The number of likely N-dealkylation sites (tertiary alicyclic amines) is 1. The first-order chi connectivity index (χ1) is 8.18. The molecule has 0 amide bonds. The minimum absolute atomic E-state index is 0.410. The summed E-state index contributed by atoms with van der Waals surface area (Å²) in [7, 11) is 0. The molecule has 4 atom stereocenters. The Balaban J connectivity index is 1.97. The van der Waals surface area contributed by atoms with Crippen molar-refractivity contribution < 1.29 is 0 Å². The molecule has 2 aliphatic rings. The van der Waals surface area contributed by atoms with Crippen molar-refractivity contribution in [1.29, 1.82) is 0 Å². The van der Waals surface area contributed by atoms with Gasteiger partial charge in [-0.1, -0.05) is 33.1 Å². The molecule has 0 bridgehead atoms. The summed E-state index contributed by atoms with van der Waals surface area (Å²) < 4.78 is 0. The van der Waals surface area contributed by atoms with Gasteiger partial charge in [-0.25, -0.2) is 0 Å². The van der Waals surface area contributed by atoms with Crippen LogP contribution in [0.1, 0.15) is 58.8 Å². The molecule has 2 rings (SSSR count). The van der Waals surface area contributed by atoms with Gasteiger partial charge >= 0.3 is 0 Å². The molecule has 0 spiro atoms. The van der Waals surface area contributed by atoms with Crippen LogP contribution in [0.25, 0.3) is 0 Å². The zero-order valence-electron chi connectivity index (χ0n) is 11.7. The van der Waals surface area contributed by atoms with Crippen molar-refractivity contribution in [2.75, 3.05) is 13.1 Å². The summed E-state index contributed by atoms with van der Waals surface area (Å²) in [4.78, 5) is 2.72. The summed E-state index contributed by atoms with van der Waals surface area (Å²) in [5.41, 5.74) is 6.44. The van der Waals surface area contributed by atoms with Crippen LogP contribution >= 0.6 is 0 Å². The van der Waals surface area contributed by atoms with Crippen molar-refractivity contribution in [3.63, 3.8) is 0 Å². The highest BCUT2D eigenvalue weighted by Crippen LogP contribution is 2.32. The predicted octanol–water partition coefficient (Wildman–Crippen LogP) is 3.01. The van der Waals surface area contributed by atoms with Crippen LogP contribution < -0.4 is 5.73 Å². The first-order valence-corrected chi connectivity index (χ1v) is 7.68. The fraction of sp³-hybridized carbons (Fsp3) is 1.00. The fourth-order valence-electron chi connectivity index (χ4n) is 4.10. The third-order valence-electron chi connectivity index (χ3n) is 4.78. The Morgan fingerprint density at radius 3 is 2.06 bits per heavy atom. The van der Waals surface area contributed by atoms with E-state index in [2.05, 4.69) is 18.7 Å². The SMILES string of the molecule is CC1CC(C)C(N2CCCCCCC2)C(N)C1. The average molecular weight is 238 g/mol. The molecule has 1 aliphatic heterocycles. The molecule has 2 nitrogen and oxygen atoms in total. The second-order valence-electron chi connectivity index (χ2n) is 6.51. The van der Waals surface area contributed by atoms with Crippen LogP contribution in [-0.2, 0) is 0 Å². The molecule has 2 fully saturated rings. The number of rotatable bonds is 1. The van der Waals surface area contributed by atoms with E-state index in [0.717, 1.165) is 11.8 Å². The van der Waals surface area contributed by atoms with Gasteiger partial charge in [-0.05, 0) is 50.6 Å². The van der Waals surface area contributed by atoms with Gasteiger partial charge in [-0.3, -0.25) is 4.90 Å². The molecule has 1 aliphatic carbocycles. The molecule has 0 aromatic rings. The Morgan fingerprint density at radius 1 is 0.882 bits per heavy atom. The molecule has 100 valence electrons. The van der Waals surface area contributed by atoms with Gasteiger partial charge < -0.3 is 5.73 Å². The zero-order chi connectivity index (χ0) is 12.3. The molecule has 2 heteroatoms.